The van der Waals surface area contributed by atoms with Gasteiger partial charge in [-0.3, -0.25) is 4.57 Å². The molecule has 2 aliphatic rings. The van der Waals surface area contributed by atoms with Crippen molar-refractivity contribution in [1.29, 1.82) is 0 Å². The van der Waals surface area contributed by atoms with Gasteiger partial charge in [-0.05, 0) is 43.2 Å². The fraction of sp³-hybridized carbons (Fsp3) is 0.611. The Morgan fingerprint density at radius 2 is 1.95 bits per heavy atom. The summed E-state index contributed by atoms with van der Waals surface area (Å²) in [7, 11) is 0. The van der Waals surface area contributed by atoms with Crippen molar-refractivity contribution >= 4 is 11.0 Å². The molecule has 1 N–H and O–H groups in total. The van der Waals surface area contributed by atoms with E-state index in [4.69, 9.17) is 0 Å². The van der Waals surface area contributed by atoms with Crippen LogP contribution in [0.15, 0.2) is 29.1 Å². The number of likely N-dealkylation sites (tertiary alicyclic amines) is 1. The number of nitrogens with one attached hydrogen (secondary N) is 1. The third kappa shape index (κ3) is 2.50. The summed E-state index contributed by atoms with van der Waals surface area (Å²) < 4.78 is 1.98. The van der Waals surface area contributed by atoms with Gasteiger partial charge < -0.3 is 9.88 Å². The molecule has 4 rings (SSSR count). The summed E-state index contributed by atoms with van der Waals surface area (Å²) in [5.74, 6) is 1.92. The molecular formula is C18H25N3O. The maximum absolute atomic E-state index is 12.3. The lowest BCUT2D eigenvalue weighted by Crippen LogP contribution is -2.38. The van der Waals surface area contributed by atoms with Crippen LogP contribution in [0.4, 0.5) is 0 Å². The van der Waals surface area contributed by atoms with Gasteiger partial charge >= 0.3 is 5.69 Å². The number of hydrogen-bond donors (Lipinski definition) is 1. The highest BCUT2D eigenvalue weighted by Crippen LogP contribution is 2.42. The summed E-state index contributed by atoms with van der Waals surface area (Å²) >= 11 is 0. The quantitative estimate of drug-likeness (QED) is 0.943. The van der Waals surface area contributed by atoms with Gasteiger partial charge in [0.15, 0.2) is 0 Å². The number of aromatic nitrogens is 2. The molecule has 2 unspecified atom stereocenters. The first-order chi connectivity index (χ1) is 10.8. The van der Waals surface area contributed by atoms with Crippen molar-refractivity contribution in [3.05, 3.63) is 34.7 Å². The zero-order valence-corrected chi connectivity index (χ0v) is 13.3. The molecule has 1 saturated carbocycles. The molecule has 1 aliphatic carbocycles. The SMILES string of the molecule is CCC1CC1CN1CCC(n2c(=O)[nH]c3ccccc32)CC1. The molecule has 0 spiro atoms. The van der Waals surface area contributed by atoms with Crippen LogP contribution in [0.1, 0.15) is 38.6 Å². The maximum atomic E-state index is 12.3. The van der Waals surface area contributed by atoms with E-state index in [2.05, 4.69) is 22.9 Å². The van der Waals surface area contributed by atoms with Crippen LogP contribution in [-0.2, 0) is 0 Å². The highest BCUT2D eigenvalue weighted by Gasteiger charge is 2.37. The van der Waals surface area contributed by atoms with Crippen molar-refractivity contribution in [2.24, 2.45) is 11.8 Å². The topological polar surface area (TPSA) is 41.0 Å². The summed E-state index contributed by atoms with van der Waals surface area (Å²) in [5.41, 5.74) is 2.06. The van der Waals surface area contributed by atoms with Crippen LogP contribution in [0.2, 0.25) is 0 Å². The second kappa shape index (κ2) is 5.58. The molecule has 0 radical (unpaired) electrons. The van der Waals surface area contributed by atoms with Crippen LogP contribution < -0.4 is 5.69 Å². The Balaban J connectivity index is 1.44. The van der Waals surface area contributed by atoms with Crippen LogP contribution in [0.3, 0.4) is 0 Å². The second-order valence-electron chi connectivity index (χ2n) is 7.01. The highest BCUT2D eigenvalue weighted by atomic mass is 16.1. The van der Waals surface area contributed by atoms with Gasteiger partial charge in [-0.1, -0.05) is 25.5 Å². The Bertz CT molecular complexity index is 708. The van der Waals surface area contributed by atoms with E-state index in [0.29, 0.717) is 6.04 Å². The predicted octanol–water partition coefficient (Wildman–Crippen LogP) is 3.01. The predicted molar refractivity (Wildman–Crippen MR) is 89.2 cm³/mol. The fourth-order valence-electron chi connectivity index (χ4n) is 4.16. The molecule has 1 aromatic carbocycles. The van der Waals surface area contributed by atoms with Crippen LogP contribution in [0.25, 0.3) is 11.0 Å². The maximum Gasteiger partial charge on any atom is 0.326 e. The monoisotopic (exact) mass is 299 g/mol. The van der Waals surface area contributed by atoms with Gasteiger partial charge in [0.1, 0.15) is 0 Å². The lowest BCUT2D eigenvalue weighted by atomic mass is 10.0. The van der Waals surface area contributed by atoms with E-state index < -0.39 is 0 Å². The van der Waals surface area contributed by atoms with Crippen molar-refractivity contribution in [1.82, 2.24) is 14.5 Å². The molecule has 1 aromatic heterocycles. The average molecular weight is 299 g/mol. The summed E-state index contributed by atoms with van der Waals surface area (Å²) in [6.07, 6.45) is 4.95. The van der Waals surface area contributed by atoms with E-state index in [9.17, 15) is 4.79 Å². The van der Waals surface area contributed by atoms with E-state index in [0.717, 1.165) is 48.8 Å². The summed E-state index contributed by atoms with van der Waals surface area (Å²) in [6.45, 7) is 5.83. The molecule has 1 aliphatic heterocycles. The number of nitrogens with zero attached hydrogens (tertiary/aromatic N) is 2. The Morgan fingerprint density at radius 1 is 1.18 bits per heavy atom. The molecular weight excluding hydrogens is 274 g/mol. The van der Waals surface area contributed by atoms with E-state index in [1.165, 1.54) is 19.4 Å². The summed E-state index contributed by atoms with van der Waals surface area (Å²) in [6, 6.07) is 8.38. The van der Waals surface area contributed by atoms with Gasteiger partial charge in [0.05, 0.1) is 11.0 Å². The third-order valence-electron chi connectivity index (χ3n) is 5.63. The van der Waals surface area contributed by atoms with Crippen molar-refractivity contribution in [3.63, 3.8) is 0 Å². The zero-order valence-electron chi connectivity index (χ0n) is 13.3. The minimum absolute atomic E-state index is 0.0490. The van der Waals surface area contributed by atoms with Crippen LogP contribution >= 0.6 is 0 Å². The minimum Gasteiger partial charge on any atom is -0.306 e. The van der Waals surface area contributed by atoms with Crippen LogP contribution in [-0.4, -0.2) is 34.1 Å². The lowest BCUT2D eigenvalue weighted by molar-refractivity contribution is 0.178. The second-order valence-corrected chi connectivity index (χ2v) is 7.01. The first-order valence-corrected chi connectivity index (χ1v) is 8.68. The number of rotatable bonds is 4. The number of fused-ring (bicyclic) bond motifs is 1. The van der Waals surface area contributed by atoms with E-state index in [1.807, 2.05) is 22.8 Å². The van der Waals surface area contributed by atoms with E-state index >= 15 is 0 Å². The standard InChI is InChI=1S/C18H25N3O/c1-2-13-11-14(13)12-20-9-7-15(8-10-20)21-17-6-4-3-5-16(17)19-18(21)22/h3-6,13-15H,2,7-12H2,1H3,(H,19,22). The Kier molecular flexibility index (Phi) is 3.57. The van der Waals surface area contributed by atoms with Crippen molar-refractivity contribution in [2.45, 2.75) is 38.6 Å². The molecule has 0 bridgehead atoms. The smallest absolute Gasteiger partial charge is 0.306 e. The number of imidazole rings is 1. The van der Waals surface area contributed by atoms with Gasteiger partial charge in [0, 0.05) is 25.7 Å². The number of aromatic amines is 1. The number of hydrogen-bond acceptors (Lipinski definition) is 2. The number of benzene rings is 1. The molecule has 2 aromatic rings. The average Bonchev–Trinajstić information content (AvgIpc) is 3.20. The van der Waals surface area contributed by atoms with Crippen LogP contribution in [0.5, 0.6) is 0 Å². The first kappa shape index (κ1) is 14.1. The molecule has 1 saturated heterocycles. The van der Waals surface area contributed by atoms with Gasteiger partial charge in [0.25, 0.3) is 0 Å². The zero-order chi connectivity index (χ0) is 15.1. The number of H-pyrrole nitrogens is 1. The molecule has 4 heteroatoms. The number of piperidine rings is 1. The highest BCUT2D eigenvalue weighted by molar-refractivity contribution is 5.75. The Morgan fingerprint density at radius 3 is 2.68 bits per heavy atom. The molecule has 2 heterocycles. The molecule has 0 amide bonds. The summed E-state index contributed by atoms with van der Waals surface area (Å²) in [4.78, 5) is 17.9. The Hall–Kier alpha value is -1.55. The van der Waals surface area contributed by atoms with Crippen molar-refractivity contribution in [2.75, 3.05) is 19.6 Å². The molecule has 118 valence electrons. The number of para-hydroxylation sites is 2. The summed E-state index contributed by atoms with van der Waals surface area (Å²) in [5, 5.41) is 0. The largest absolute Gasteiger partial charge is 0.326 e. The van der Waals surface area contributed by atoms with Crippen molar-refractivity contribution in [3.8, 4) is 0 Å². The molecule has 2 atom stereocenters. The van der Waals surface area contributed by atoms with Gasteiger partial charge in [-0.25, -0.2) is 4.79 Å². The van der Waals surface area contributed by atoms with E-state index in [-0.39, 0.29) is 5.69 Å². The molecule has 22 heavy (non-hydrogen) atoms. The minimum atomic E-state index is 0.0490. The van der Waals surface area contributed by atoms with Crippen molar-refractivity contribution < 1.29 is 0 Å². The normalized spacial score (nSPS) is 26.6. The Labute approximate surface area is 131 Å². The van der Waals surface area contributed by atoms with Gasteiger partial charge in [-0.2, -0.15) is 0 Å². The lowest BCUT2D eigenvalue weighted by Gasteiger charge is -2.32. The van der Waals surface area contributed by atoms with Gasteiger partial charge in [-0.15, -0.1) is 0 Å². The fourth-order valence-corrected chi connectivity index (χ4v) is 4.16. The first-order valence-electron chi connectivity index (χ1n) is 8.68. The molecule has 2 fully saturated rings. The van der Waals surface area contributed by atoms with Crippen LogP contribution in [0, 0.1) is 11.8 Å². The molecule has 4 nitrogen and oxygen atoms in total. The third-order valence-corrected chi connectivity index (χ3v) is 5.63. The van der Waals surface area contributed by atoms with E-state index in [1.54, 1.807) is 0 Å². The van der Waals surface area contributed by atoms with Gasteiger partial charge in [0.2, 0.25) is 0 Å².